The van der Waals surface area contributed by atoms with Gasteiger partial charge in [0.2, 0.25) is 0 Å². The number of morpholine rings is 1. The van der Waals surface area contributed by atoms with Crippen LogP contribution < -0.4 is 10.6 Å². The van der Waals surface area contributed by atoms with Crippen molar-refractivity contribution in [3.63, 3.8) is 0 Å². The van der Waals surface area contributed by atoms with Crippen LogP contribution in [0.2, 0.25) is 0 Å². The minimum Gasteiger partial charge on any atom is -0.475 e. The number of para-hydroxylation sites is 1. The maximum absolute atomic E-state index is 12.4. The molecule has 1 unspecified atom stereocenters. The quantitative estimate of drug-likeness (QED) is 0.503. The molecule has 188 valence electrons. The van der Waals surface area contributed by atoms with Gasteiger partial charge in [-0.05, 0) is 38.1 Å². The topological polar surface area (TPSA) is 108 Å². The first-order chi connectivity index (χ1) is 16.6. The summed E-state index contributed by atoms with van der Waals surface area (Å²) in [7, 11) is 0. The Morgan fingerprint density at radius 3 is 2.46 bits per heavy atom. The zero-order chi connectivity index (χ0) is 25.6. The van der Waals surface area contributed by atoms with Crippen molar-refractivity contribution in [3.8, 4) is 0 Å². The van der Waals surface area contributed by atoms with Gasteiger partial charge in [-0.15, -0.1) is 0 Å². The third kappa shape index (κ3) is 6.85. The number of carbonyl (C=O) groups excluding carboxylic acids is 1. The van der Waals surface area contributed by atoms with Crippen LogP contribution in [0.5, 0.6) is 0 Å². The molecule has 0 radical (unpaired) electrons. The average Bonchev–Trinajstić information content (AvgIpc) is 3.24. The third-order valence-corrected chi connectivity index (χ3v) is 4.96. The number of carboxylic acids is 1. The van der Waals surface area contributed by atoms with Crippen LogP contribution in [0.25, 0.3) is 5.52 Å². The molecule has 1 aliphatic rings. The Bertz CT molecular complexity index is 1150. The molecule has 12 heteroatoms. The van der Waals surface area contributed by atoms with Crippen molar-refractivity contribution in [2.45, 2.75) is 32.2 Å². The smallest absolute Gasteiger partial charge is 0.475 e. The van der Waals surface area contributed by atoms with Crippen molar-refractivity contribution >= 4 is 29.0 Å². The van der Waals surface area contributed by atoms with E-state index in [9.17, 15) is 18.0 Å². The van der Waals surface area contributed by atoms with Gasteiger partial charge in [0.05, 0.1) is 24.4 Å². The molecule has 0 spiro atoms. The molecule has 3 N–H and O–H groups in total. The Hall–Kier alpha value is -3.80. The van der Waals surface area contributed by atoms with Gasteiger partial charge < -0.3 is 25.4 Å². The van der Waals surface area contributed by atoms with Gasteiger partial charge in [0.1, 0.15) is 18.2 Å². The van der Waals surface area contributed by atoms with Crippen LogP contribution >= 0.6 is 0 Å². The molecular weight excluding hydrogens is 467 g/mol. The number of aliphatic carboxylic acids is 1. The molecule has 1 atom stereocenters. The van der Waals surface area contributed by atoms with E-state index in [1.54, 1.807) is 11.2 Å². The number of alkyl halides is 3. The van der Waals surface area contributed by atoms with Crippen molar-refractivity contribution in [1.82, 2.24) is 19.6 Å². The first kappa shape index (κ1) is 25.8. The predicted octanol–water partition coefficient (Wildman–Crippen LogP) is 4.20. The highest BCUT2D eigenvalue weighted by Gasteiger charge is 2.38. The zero-order valence-electron chi connectivity index (χ0n) is 19.1. The lowest BCUT2D eigenvalue weighted by atomic mass is 10.2. The lowest BCUT2D eigenvalue weighted by molar-refractivity contribution is -0.192. The molecule has 1 fully saturated rings. The number of amides is 2. The molecule has 9 nitrogen and oxygen atoms in total. The second-order valence-electron chi connectivity index (χ2n) is 8.00. The van der Waals surface area contributed by atoms with Gasteiger partial charge in [0.25, 0.3) is 0 Å². The summed E-state index contributed by atoms with van der Waals surface area (Å²) in [5, 5.41) is 13.5. The first-order valence-corrected chi connectivity index (χ1v) is 10.8. The minimum absolute atomic E-state index is 0.0572. The van der Waals surface area contributed by atoms with E-state index < -0.39 is 12.1 Å². The van der Waals surface area contributed by atoms with Gasteiger partial charge >= 0.3 is 18.2 Å². The van der Waals surface area contributed by atoms with Gasteiger partial charge in [-0.1, -0.05) is 24.3 Å². The highest BCUT2D eigenvalue weighted by atomic mass is 19.4. The van der Waals surface area contributed by atoms with Crippen LogP contribution in [0.4, 0.5) is 29.5 Å². The largest absolute Gasteiger partial charge is 0.490 e. The number of ether oxygens (including phenoxy) is 1. The van der Waals surface area contributed by atoms with Crippen LogP contribution in [0.3, 0.4) is 0 Å². The Morgan fingerprint density at radius 1 is 1.14 bits per heavy atom. The highest BCUT2D eigenvalue weighted by molar-refractivity contribution is 5.75. The number of anilines is 2. The van der Waals surface area contributed by atoms with Crippen LogP contribution in [-0.2, 0) is 9.53 Å². The number of aromatic nitrogens is 2. The number of fused-ring (bicyclic) bond motifs is 1. The van der Waals surface area contributed by atoms with Crippen LogP contribution in [-0.4, -0.2) is 63.3 Å². The summed E-state index contributed by atoms with van der Waals surface area (Å²) < 4.78 is 39.7. The van der Waals surface area contributed by atoms with E-state index in [2.05, 4.69) is 15.6 Å². The molecule has 2 aromatic heterocycles. The lowest BCUT2D eigenvalue weighted by Crippen LogP contribution is -2.48. The fourth-order valence-electron chi connectivity index (χ4n) is 3.40. The highest BCUT2D eigenvalue weighted by Crippen LogP contribution is 2.27. The summed E-state index contributed by atoms with van der Waals surface area (Å²) in [4.78, 5) is 27.7. The van der Waals surface area contributed by atoms with Crippen LogP contribution in [0, 0.1) is 0 Å². The number of imidazole rings is 1. The van der Waals surface area contributed by atoms with Gasteiger partial charge in [0.15, 0.2) is 0 Å². The summed E-state index contributed by atoms with van der Waals surface area (Å²) >= 11 is 0. The van der Waals surface area contributed by atoms with E-state index in [0.717, 1.165) is 22.7 Å². The number of carboxylic acid groups (broad SMARTS) is 1. The Balaban J connectivity index is 0.000000429. The van der Waals surface area contributed by atoms with Crippen molar-refractivity contribution < 1.29 is 32.6 Å². The number of urea groups is 1. The van der Waals surface area contributed by atoms with Crippen molar-refractivity contribution in [2.24, 2.45) is 0 Å². The molecule has 3 aromatic rings. The number of hydrogen-bond donors (Lipinski definition) is 3. The van der Waals surface area contributed by atoms with Gasteiger partial charge in [-0.25, -0.2) is 14.6 Å². The van der Waals surface area contributed by atoms with E-state index in [4.69, 9.17) is 14.6 Å². The summed E-state index contributed by atoms with van der Waals surface area (Å²) in [5.74, 6) is -1.83. The normalized spacial score (nSPS) is 15.9. The molecule has 4 rings (SSSR count). The van der Waals surface area contributed by atoms with E-state index in [-0.39, 0.29) is 18.2 Å². The number of pyridine rings is 1. The Morgan fingerprint density at radius 2 is 1.83 bits per heavy atom. The monoisotopic (exact) mass is 493 g/mol. The number of hydrogen-bond acceptors (Lipinski definition) is 5. The van der Waals surface area contributed by atoms with E-state index in [1.165, 1.54) is 0 Å². The number of benzene rings is 1. The molecule has 1 aliphatic heterocycles. The number of nitrogens with zero attached hydrogens (tertiary/aromatic N) is 3. The lowest BCUT2D eigenvalue weighted by Gasteiger charge is -2.33. The maximum Gasteiger partial charge on any atom is 0.490 e. The van der Waals surface area contributed by atoms with Gasteiger partial charge in [-0.2, -0.15) is 13.2 Å². The third-order valence-electron chi connectivity index (χ3n) is 4.96. The number of carbonyl (C=O) groups is 2. The fraction of sp³-hybridized carbons (Fsp3) is 0.348. The maximum atomic E-state index is 12.4. The summed E-state index contributed by atoms with van der Waals surface area (Å²) in [5.41, 5.74) is 2.83. The second-order valence-corrected chi connectivity index (χ2v) is 8.00. The molecule has 0 bridgehead atoms. The Labute approximate surface area is 199 Å². The molecule has 3 heterocycles. The van der Waals surface area contributed by atoms with Crippen LogP contribution in [0.1, 0.15) is 25.6 Å². The van der Waals surface area contributed by atoms with Gasteiger partial charge in [-0.3, -0.25) is 4.40 Å². The summed E-state index contributed by atoms with van der Waals surface area (Å²) in [6.07, 6.45) is -3.53. The predicted molar refractivity (Wildman–Crippen MR) is 123 cm³/mol. The SMILES string of the molecule is CC(C)NC(=O)N1CCOC(c2ncn3c(Nc4ccccc4)cccc23)C1.O=C(O)C(F)(F)F. The number of rotatable bonds is 4. The second kappa shape index (κ2) is 11.1. The standard InChI is InChI=1S/C21H25N5O2.C2HF3O2/c1-15(2)23-21(27)25-11-12-28-18(13-25)20-17-9-6-10-19(26(17)14-22-20)24-16-7-4-3-5-8-16;3-2(4,5)1(6)7/h3-10,14-15,18,24H,11-13H2,1-2H3,(H,23,27);(H,6,7). The molecule has 35 heavy (non-hydrogen) atoms. The molecule has 0 aliphatic carbocycles. The summed E-state index contributed by atoms with van der Waals surface area (Å²) in [6, 6.07) is 16.1. The van der Waals surface area contributed by atoms with Gasteiger partial charge in [0, 0.05) is 18.3 Å². The molecule has 1 aromatic carbocycles. The fourth-order valence-corrected chi connectivity index (χ4v) is 3.40. The van der Waals surface area contributed by atoms with Crippen molar-refractivity contribution in [3.05, 3.63) is 60.6 Å². The van der Waals surface area contributed by atoms with Crippen molar-refractivity contribution in [1.29, 1.82) is 0 Å². The minimum atomic E-state index is -5.08. The summed E-state index contributed by atoms with van der Waals surface area (Å²) in [6.45, 7) is 5.49. The van der Waals surface area contributed by atoms with E-state index >= 15 is 0 Å². The zero-order valence-corrected chi connectivity index (χ0v) is 19.1. The van der Waals surface area contributed by atoms with E-state index in [1.807, 2.05) is 66.8 Å². The molecule has 0 saturated carbocycles. The molecule has 2 amide bonds. The number of nitrogens with one attached hydrogen (secondary N) is 2. The molecular formula is C23H26F3N5O4. The molecule has 1 saturated heterocycles. The van der Waals surface area contributed by atoms with Crippen LogP contribution in [0.15, 0.2) is 54.9 Å². The van der Waals surface area contributed by atoms with Crippen molar-refractivity contribution in [2.75, 3.05) is 25.0 Å². The Kier molecular flexibility index (Phi) is 8.18. The van der Waals surface area contributed by atoms with E-state index in [0.29, 0.717) is 19.7 Å². The number of halogens is 3. The average molecular weight is 493 g/mol. The first-order valence-electron chi connectivity index (χ1n) is 10.8.